The predicted octanol–water partition coefficient (Wildman–Crippen LogP) is 4.78. The van der Waals surface area contributed by atoms with Gasteiger partial charge in [-0.25, -0.2) is 0 Å². The summed E-state index contributed by atoms with van der Waals surface area (Å²) in [5.41, 5.74) is 3.85. The van der Waals surface area contributed by atoms with E-state index in [1.165, 1.54) is 11.3 Å². The third kappa shape index (κ3) is 3.02. The number of hydrogen-bond donors (Lipinski definition) is 2. The van der Waals surface area contributed by atoms with Gasteiger partial charge in [0.25, 0.3) is 5.91 Å². The fraction of sp³-hybridized carbons (Fsp3) is 0.143. The number of anilines is 2. The molecule has 0 spiro atoms. The standard InChI is InChI=1S/C21H18N2O2S/c1-13-18-16(14-8-4-2-5-9-14)12-17(24)23-21(18)26-19(13)20(25)22-15-10-6-3-7-11-15/h2-11,16H,12H2,1H3,(H,22,25)(H,23,24). The van der Waals surface area contributed by atoms with Crippen molar-refractivity contribution in [2.45, 2.75) is 19.3 Å². The van der Waals surface area contributed by atoms with E-state index >= 15 is 0 Å². The molecule has 1 aliphatic heterocycles. The molecule has 1 atom stereocenters. The van der Waals surface area contributed by atoms with E-state index in [0.29, 0.717) is 11.3 Å². The SMILES string of the molecule is Cc1c(C(=O)Nc2ccccc2)sc2c1C(c1ccccc1)CC(=O)N2. The molecule has 0 saturated carbocycles. The van der Waals surface area contributed by atoms with E-state index in [2.05, 4.69) is 10.6 Å². The maximum atomic E-state index is 12.8. The Morgan fingerprint density at radius 3 is 2.42 bits per heavy atom. The molecule has 3 aromatic rings. The Bertz CT molecular complexity index is 964. The molecule has 0 aliphatic carbocycles. The van der Waals surface area contributed by atoms with Crippen LogP contribution in [0.4, 0.5) is 10.7 Å². The van der Waals surface area contributed by atoms with Gasteiger partial charge in [0.15, 0.2) is 0 Å². The Balaban J connectivity index is 1.72. The van der Waals surface area contributed by atoms with Crippen LogP contribution < -0.4 is 10.6 Å². The van der Waals surface area contributed by atoms with Crippen molar-refractivity contribution in [1.82, 2.24) is 0 Å². The molecule has 5 heteroatoms. The van der Waals surface area contributed by atoms with E-state index in [-0.39, 0.29) is 17.7 Å². The Hall–Kier alpha value is -2.92. The molecule has 130 valence electrons. The van der Waals surface area contributed by atoms with Gasteiger partial charge in [-0.05, 0) is 35.7 Å². The molecule has 0 radical (unpaired) electrons. The summed E-state index contributed by atoms with van der Waals surface area (Å²) < 4.78 is 0. The lowest BCUT2D eigenvalue weighted by molar-refractivity contribution is -0.116. The highest BCUT2D eigenvalue weighted by molar-refractivity contribution is 7.18. The first-order valence-corrected chi connectivity index (χ1v) is 9.29. The highest BCUT2D eigenvalue weighted by atomic mass is 32.1. The monoisotopic (exact) mass is 362 g/mol. The summed E-state index contributed by atoms with van der Waals surface area (Å²) in [5.74, 6) is -0.175. The summed E-state index contributed by atoms with van der Waals surface area (Å²) in [4.78, 5) is 25.6. The minimum Gasteiger partial charge on any atom is -0.321 e. The molecular weight excluding hydrogens is 344 g/mol. The van der Waals surface area contributed by atoms with Gasteiger partial charge in [-0.15, -0.1) is 11.3 Å². The van der Waals surface area contributed by atoms with Gasteiger partial charge in [0.1, 0.15) is 0 Å². The van der Waals surface area contributed by atoms with Crippen LogP contribution in [0, 0.1) is 6.92 Å². The molecule has 1 unspecified atom stereocenters. The van der Waals surface area contributed by atoms with Gasteiger partial charge in [-0.2, -0.15) is 0 Å². The molecule has 1 aromatic heterocycles. The normalized spacial score (nSPS) is 15.9. The van der Waals surface area contributed by atoms with Crippen molar-refractivity contribution in [1.29, 1.82) is 0 Å². The van der Waals surface area contributed by atoms with E-state index in [1.54, 1.807) is 0 Å². The Kier molecular flexibility index (Phi) is 4.31. The van der Waals surface area contributed by atoms with Crippen molar-refractivity contribution >= 4 is 33.8 Å². The maximum absolute atomic E-state index is 12.8. The molecule has 0 fully saturated rings. The molecule has 2 heterocycles. The van der Waals surface area contributed by atoms with Crippen molar-refractivity contribution in [3.8, 4) is 0 Å². The first-order valence-electron chi connectivity index (χ1n) is 8.48. The van der Waals surface area contributed by atoms with Crippen LogP contribution in [-0.2, 0) is 4.79 Å². The lowest BCUT2D eigenvalue weighted by Gasteiger charge is -2.24. The quantitative estimate of drug-likeness (QED) is 0.704. The zero-order valence-corrected chi connectivity index (χ0v) is 15.1. The fourth-order valence-electron chi connectivity index (χ4n) is 3.40. The number of para-hydroxylation sites is 1. The van der Waals surface area contributed by atoms with E-state index < -0.39 is 0 Å². The summed E-state index contributed by atoms with van der Waals surface area (Å²) in [5, 5.41) is 6.66. The zero-order valence-electron chi connectivity index (χ0n) is 14.3. The average molecular weight is 362 g/mol. The molecule has 2 N–H and O–H groups in total. The van der Waals surface area contributed by atoms with Gasteiger partial charge < -0.3 is 10.6 Å². The first-order chi connectivity index (χ1) is 12.6. The molecule has 0 bridgehead atoms. The van der Waals surface area contributed by atoms with Gasteiger partial charge >= 0.3 is 0 Å². The number of thiophene rings is 1. The lowest BCUT2D eigenvalue weighted by atomic mass is 9.85. The number of carbonyl (C=O) groups excluding carboxylic acids is 2. The Morgan fingerprint density at radius 2 is 1.73 bits per heavy atom. The molecule has 1 aliphatic rings. The van der Waals surface area contributed by atoms with Crippen LogP contribution in [0.1, 0.15) is 38.7 Å². The van der Waals surface area contributed by atoms with E-state index in [4.69, 9.17) is 0 Å². The third-order valence-corrected chi connectivity index (χ3v) is 5.85. The van der Waals surface area contributed by atoms with Crippen molar-refractivity contribution in [3.05, 3.63) is 82.2 Å². The predicted molar refractivity (Wildman–Crippen MR) is 105 cm³/mol. The average Bonchev–Trinajstić information content (AvgIpc) is 2.99. The summed E-state index contributed by atoms with van der Waals surface area (Å²) in [6.07, 6.45) is 0.397. The van der Waals surface area contributed by atoms with Crippen LogP contribution in [0.15, 0.2) is 60.7 Å². The number of benzene rings is 2. The largest absolute Gasteiger partial charge is 0.321 e. The molecule has 2 amide bonds. The van der Waals surface area contributed by atoms with Gasteiger partial charge in [0.2, 0.25) is 5.91 Å². The molecular formula is C21H18N2O2S. The number of fused-ring (bicyclic) bond motifs is 1. The first kappa shape index (κ1) is 16.5. The second-order valence-electron chi connectivity index (χ2n) is 6.33. The summed E-state index contributed by atoms with van der Waals surface area (Å²) >= 11 is 1.35. The summed E-state index contributed by atoms with van der Waals surface area (Å²) in [6, 6.07) is 19.4. The molecule has 4 rings (SSSR count). The fourth-order valence-corrected chi connectivity index (χ4v) is 4.58. The number of nitrogens with one attached hydrogen (secondary N) is 2. The van der Waals surface area contributed by atoms with E-state index in [9.17, 15) is 9.59 Å². The molecule has 0 saturated heterocycles. The number of hydrogen-bond acceptors (Lipinski definition) is 3. The van der Waals surface area contributed by atoms with Crippen LogP contribution >= 0.6 is 11.3 Å². The molecule has 26 heavy (non-hydrogen) atoms. The number of amides is 2. The van der Waals surface area contributed by atoms with Crippen molar-refractivity contribution in [2.24, 2.45) is 0 Å². The van der Waals surface area contributed by atoms with E-state index in [0.717, 1.165) is 27.4 Å². The van der Waals surface area contributed by atoms with Gasteiger partial charge in [-0.1, -0.05) is 48.5 Å². The van der Waals surface area contributed by atoms with E-state index in [1.807, 2.05) is 67.6 Å². The minimum absolute atomic E-state index is 0.0115. The minimum atomic E-state index is -0.144. The van der Waals surface area contributed by atoms with Crippen LogP contribution in [0.2, 0.25) is 0 Å². The van der Waals surface area contributed by atoms with Crippen molar-refractivity contribution in [2.75, 3.05) is 10.6 Å². The summed E-state index contributed by atoms with van der Waals surface area (Å²) in [7, 11) is 0. The second kappa shape index (κ2) is 6.77. The molecule has 2 aromatic carbocycles. The lowest BCUT2D eigenvalue weighted by Crippen LogP contribution is -2.22. The topological polar surface area (TPSA) is 58.2 Å². The molecule has 4 nitrogen and oxygen atoms in total. The highest BCUT2D eigenvalue weighted by Gasteiger charge is 2.32. The van der Waals surface area contributed by atoms with Crippen LogP contribution in [0.25, 0.3) is 0 Å². The zero-order chi connectivity index (χ0) is 18.1. The number of rotatable bonds is 3. The maximum Gasteiger partial charge on any atom is 0.266 e. The van der Waals surface area contributed by atoms with Gasteiger partial charge in [0.05, 0.1) is 9.88 Å². The van der Waals surface area contributed by atoms with Crippen molar-refractivity contribution < 1.29 is 9.59 Å². The third-order valence-electron chi connectivity index (χ3n) is 4.62. The Morgan fingerprint density at radius 1 is 1.08 bits per heavy atom. The van der Waals surface area contributed by atoms with Crippen LogP contribution in [0.3, 0.4) is 0 Å². The Labute approximate surface area is 155 Å². The highest BCUT2D eigenvalue weighted by Crippen LogP contribution is 2.45. The number of carbonyl (C=O) groups is 2. The van der Waals surface area contributed by atoms with Crippen LogP contribution in [-0.4, -0.2) is 11.8 Å². The summed E-state index contributed by atoms with van der Waals surface area (Å²) in [6.45, 7) is 1.96. The van der Waals surface area contributed by atoms with Gasteiger partial charge in [-0.3, -0.25) is 9.59 Å². The van der Waals surface area contributed by atoms with Crippen molar-refractivity contribution in [3.63, 3.8) is 0 Å². The smallest absolute Gasteiger partial charge is 0.266 e. The van der Waals surface area contributed by atoms with Gasteiger partial charge in [0, 0.05) is 18.0 Å². The van der Waals surface area contributed by atoms with Crippen LogP contribution in [0.5, 0.6) is 0 Å². The second-order valence-corrected chi connectivity index (χ2v) is 7.36.